The van der Waals surface area contributed by atoms with E-state index in [-0.39, 0.29) is 24.2 Å². The van der Waals surface area contributed by atoms with E-state index in [0.29, 0.717) is 25.4 Å². The Hall–Kier alpha value is -3.02. The molecular formula is C22H26N2O4. The maximum Gasteiger partial charge on any atom is 0.227 e. The molecule has 2 aromatic rings. The number of amides is 2. The number of benzene rings is 2. The van der Waals surface area contributed by atoms with E-state index >= 15 is 0 Å². The van der Waals surface area contributed by atoms with Gasteiger partial charge < -0.3 is 19.7 Å². The maximum atomic E-state index is 12.5. The van der Waals surface area contributed by atoms with Crippen LogP contribution < -0.4 is 19.7 Å². The van der Waals surface area contributed by atoms with Crippen molar-refractivity contribution in [2.45, 2.75) is 20.3 Å². The number of anilines is 1. The van der Waals surface area contributed by atoms with Crippen LogP contribution in [-0.4, -0.2) is 38.6 Å². The lowest BCUT2D eigenvalue weighted by Crippen LogP contribution is -2.35. The summed E-state index contributed by atoms with van der Waals surface area (Å²) < 4.78 is 10.7. The number of methoxy groups -OCH3 is 1. The van der Waals surface area contributed by atoms with E-state index in [1.54, 1.807) is 12.0 Å². The molecule has 1 heterocycles. The molecule has 6 nitrogen and oxygen atoms in total. The molecule has 0 aliphatic carbocycles. The second-order valence-corrected chi connectivity index (χ2v) is 6.94. The van der Waals surface area contributed by atoms with Gasteiger partial charge in [-0.25, -0.2) is 0 Å². The van der Waals surface area contributed by atoms with E-state index in [1.165, 1.54) is 0 Å². The van der Waals surface area contributed by atoms with Crippen molar-refractivity contribution in [1.82, 2.24) is 5.32 Å². The molecule has 2 amide bonds. The van der Waals surface area contributed by atoms with Crippen LogP contribution in [0.5, 0.6) is 11.5 Å². The normalized spacial score (nSPS) is 16.2. The molecule has 1 aliphatic heterocycles. The van der Waals surface area contributed by atoms with Crippen molar-refractivity contribution in [3.8, 4) is 11.5 Å². The molecule has 0 radical (unpaired) electrons. The maximum absolute atomic E-state index is 12.5. The fraction of sp³-hybridized carbons (Fsp3) is 0.364. The van der Waals surface area contributed by atoms with Crippen molar-refractivity contribution in [2.24, 2.45) is 5.92 Å². The van der Waals surface area contributed by atoms with Crippen LogP contribution in [0.25, 0.3) is 0 Å². The van der Waals surface area contributed by atoms with Crippen molar-refractivity contribution >= 4 is 17.5 Å². The predicted molar refractivity (Wildman–Crippen MR) is 108 cm³/mol. The molecule has 1 fully saturated rings. The second-order valence-electron chi connectivity index (χ2n) is 6.94. The summed E-state index contributed by atoms with van der Waals surface area (Å²) >= 11 is 0. The Morgan fingerprint density at radius 2 is 1.86 bits per heavy atom. The predicted octanol–water partition coefficient (Wildman–Crippen LogP) is 2.86. The lowest BCUT2D eigenvalue weighted by atomic mass is 10.1. The zero-order valence-electron chi connectivity index (χ0n) is 16.5. The topological polar surface area (TPSA) is 67.9 Å². The fourth-order valence-electron chi connectivity index (χ4n) is 3.30. The van der Waals surface area contributed by atoms with Gasteiger partial charge in [-0.3, -0.25) is 9.59 Å². The van der Waals surface area contributed by atoms with Gasteiger partial charge in [0, 0.05) is 18.7 Å². The van der Waals surface area contributed by atoms with Crippen LogP contribution in [0.15, 0.2) is 42.5 Å². The first-order valence-corrected chi connectivity index (χ1v) is 9.40. The third kappa shape index (κ3) is 4.44. The van der Waals surface area contributed by atoms with Gasteiger partial charge in [-0.2, -0.15) is 0 Å². The van der Waals surface area contributed by atoms with Gasteiger partial charge in [0.25, 0.3) is 0 Å². The molecule has 2 aromatic carbocycles. The van der Waals surface area contributed by atoms with Crippen molar-refractivity contribution in [3.05, 3.63) is 53.6 Å². The van der Waals surface area contributed by atoms with Crippen molar-refractivity contribution in [1.29, 1.82) is 0 Å². The van der Waals surface area contributed by atoms with Crippen molar-refractivity contribution < 1.29 is 19.1 Å². The molecule has 1 N–H and O–H groups in total. The van der Waals surface area contributed by atoms with Gasteiger partial charge >= 0.3 is 0 Å². The van der Waals surface area contributed by atoms with Gasteiger partial charge in [-0.15, -0.1) is 0 Å². The lowest BCUT2D eigenvalue weighted by molar-refractivity contribution is -0.126. The summed E-state index contributed by atoms with van der Waals surface area (Å²) in [6, 6.07) is 13.2. The Balaban J connectivity index is 1.48. The van der Waals surface area contributed by atoms with Gasteiger partial charge in [0.2, 0.25) is 11.8 Å². The van der Waals surface area contributed by atoms with E-state index < -0.39 is 0 Å². The number of hydrogen-bond acceptors (Lipinski definition) is 4. The highest BCUT2D eigenvalue weighted by Gasteiger charge is 2.35. The Kier molecular flexibility index (Phi) is 6.19. The standard InChI is InChI=1S/C22H26N2O4/c1-15-5-4-6-20(16(15)2)24-14-17(13-21(24)25)22(26)23-11-12-28-19-9-7-18(27-3)8-10-19/h4-10,17H,11-14H2,1-3H3,(H,23,26). The molecule has 1 atom stereocenters. The number of ether oxygens (including phenoxy) is 2. The van der Waals surface area contributed by atoms with Gasteiger partial charge in [0.05, 0.1) is 19.6 Å². The van der Waals surface area contributed by atoms with Crippen molar-refractivity contribution in [3.63, 3.8) is 0 Å². The Bertz CT molecular complexity index is 848. The highest BCUT2D eigenvalue weighted by Crippen LogP contribution is 2.29. The summed E-state index contributed by atoms with van der Waals surface area (Å²) in [7, 11) is 1.61. The third-order valence-corrected chi connectivity index (χ3v) is 5.09. The van der Waals surface area contributed by atoms with Crippen LogP contribution >= 0.6 is 0 Å². The van der Waals surface area contributed by atoms with E-state index in [2.05, 4.69) is 5.32 Å². The van der Waals surface area contributed by atoms with Gasteiger partial charge in [-0.05, 0) is 55.3 Å². The minimum Gasteiger partial charge on any atom is -0.497 e. The average Bonchev–Trinajstić information content (AvgIpc) is 3.09. The van der Waals surface area contributed by atoms with Crippen LogP contribution in [0.3, 0.4) is 0 Å². The number of rotatable bonds is 7. The highest BCUT2D eigenvalue weighted by atomic mass is 16.5. The SMILES string of the molecule is COc1ccc(OCCNC(=O)C2CC(=O)N(c3cccc(C)c3C)C2)cc1. The second kappa shape index (κ2) is 8.78. The summed E-state index contributed by atoms with van der Waals surface area (Å²) in [4.78, 5) is 26.6. The number of aryl methyl sites for hydroxylation is 1. The van der Waals surface area contributed by atoms with Crippen LogP contribution in [0.4, 0.5) is 5.69 Å². The van der Waals surface area contributed by atoms with E-state index in [4.69, 9.17) is 9.47 Å². The molecule has 3 rings (SSSR count). The zero-order chi connectivity index (χ0) is 20.1. The first kappa shape index (κ1) is 19.7. The Morgan fingerprint density at radius 1 is 1.14 bits per heavy atom. The monoisotopic (exact) mass is 382 g/mol. The summed E-state index contributed by atoms with van der Waals surface area (Å²) in [5.74, 6) is 1.02. The van der Waals surface area contributed by atoms with E-state index in [1.807, 2.05) is 56.3 Å². The smallest absolute Gasteiger partial charge is 0.227 e. The lowest BCUT2D eigenvalue weighted by Gasteiger charge is -2.20. The summed E-state index contributed by atoms with van der Waals surface area (Å²) in [5.41, 5.74) is 3.10. The summed E-state index contributed by atoms with van der Waals surface area (Å²) in [6.45, 7) is 5.18. The number of carbonyl (C=O) groups is 2. The third-order valence-electron chi connectivity index (χ3n) is 5.09. The average molecular weight is 382 g/mol. The number of hydrogen-bond donors (Lipinski definition) is 1. The highest BCUT2D eigenvalue weighted by molar-refractivity contribution is 6.00. The van der Waals surface area contributed by atoms with Crippen LogP contribution in [0.1, 0.15) is 17.5 Å². The zero-order valence-corrected chi connectivity index (χ0v) is 16.5. The summed E-state index contributed by atoms with van der Waals surface area (Å²) in [5, 5.41) is 2.87. The van der Waals surface area contributed by atoms with Gasteiger partial charge in [-0.1, -0.05) is 12.1 Å². The van der Waals surface area contributed by atoms with Gasteiger partial charge in [0.1, 0.15) is 18.1 Å². The van der Waals surface area contributed by atoms with Crippen LogP contribution in [0, 0.1) is 19.8 Å². The molecule has 1 saturated heterocycles. The van der Waals surface area contributed by atoms with Crippen molar-refractivity contribution in [2.75, 3.05) is 31.7 Å². The molecule has 0 bridgehead atoms. The minimum absolute atomic E-state index is 0.0108. The van der Waals surface area contributed by atoms with E-state index in [9.17, 15) is 9.59 Å². The largest absolute Gasteiger partial charge is 0.497 e. The number of nitrogens with one attached hydrogen (secondary N) is 1. The molecule has 28 heavy (non-hydrogen) atoms. The van der Waals surface area contributed by atoms with E-state index in [0.717, 1.165) is 22.6 Å². The molecule has 6 heteroatoms. The first-order valence-electron chi connectivity index (χ1n) is 9.40. The molecule has 148 valence electrons. The summed E-state index contributed by atoms with van der Waals surface area (Å²) in [6.07, 6.45) is 0.235. The quantitative estimate of drug-likeness (QED) is 0.748. The molecule has 1 unspecified atom stereocenters. The Labute approximate surface area is 165 Å². The molecule has 0 saturated carbocycles. The fourth-order valence-corrected chi connectivity index (χ4v) is 3.30. The molecule has 1 aliphatic rings. The number of nitrogens with zero attached hydrogens (tertiary/aromatic N) is 1. The molecule has 0 aromatic heterocycles. The first-order chi connectivity index (χ1) is 13.5. The van der Waals surface area contributed by atoms with Gasteiger partial charge in [0.15, 0.2) is 0 Å². The molecular weight excluding hydrogens is 356 g/mol. The minimum atomic E-state index is -0.339. The molecule has 0 spiro atoms. The number of carbonyl (C=O) groups excluding carboxylic acids is 2. The van der Waals surface area contributed by atoms with Crippen LogP contribution in [0.2, 0.25) is 0 Å². The Morgan fingerprint density at radius 3 is 2.57 bits per heavy atom. The van der Waals surface area contributed by atoms with Crippen LogP contribution in [-0.2, 0) is 9.59 Å².